The first-order valence-electron chi connectivity index (χ1n) is 7.76. The molecule has 0 aromatic carbocycles. The molecule has 3 nitrogen and oxygen atoms in total. The van der Waals surface area contributed by atoms with Crippen LogP contribution in [0.15, 0.2) is 18.3 Å². The van der Waals surface area contributed by atoms with Gasteiger partial charge in [-0.15, -0.1) is 0 Å². The molecule has 110 valence electrons. The summed E-state index contributed by atoms with van der Waals surface area (Å²) < 4.78 is 7.86. The first-order valence-corrected chi connectivity index (χ1v) is 7.76. The Kier molecular flexibility index (Phi) is 3.00. The van der Waals surface area contributed by atoms with E-state index in [1.165, 1.54) is 12.8 Å². The molecule has 2 bridgehead atoms. The van der Waals surface area contributed by atoms with Gasteiger partial charge in [0.2, 0.25) is 0 Å². The van der Waals surface area contributed by atoms with Crippen molar-refractivity contribution in [3.8, 4) is 0 Å². The molecule has 2 aliphatic carbocycles. The van der Waals surface area contributed by atoms with Crippen molar-refractivity contribution in [3.63, 3.8) is 0 Å². The lowest BCUT2D eigenvalue weighted by atomic mass is 9.70. The average molecular weight is 275 g/mol. The van der Waals surface area contributed by atoms with Crippen LogP contribution in [-0.4, -0.2) is 16.6 Å². The van der Waals surface area contributed by atoms with E-state index >= 15 is 0 Å². The molecule has 3 heteroatoms. The molecular formula is C17H25NO2. The van der Waals surface area contributed by atoms with Crippen LogP contribution in [-0.2, 0) is 11.3 Å². The minimum absolute atomic E-state index is 0.0731. The quantitative estimate of drug-likeness (QED) is 0.784. The van der Waals surface area contributed by atoms with E-state index in [9.17, 15) is 4.79 Å². The minimum Gasteiger partial charge on any atom is -0.457 e. The molecule has 1 aromatic rings. The molecule has 0 saturated heterocycles. The Morgan fingerprint density at radius 2 is 2.20 bits per heavy atom. The van der Waals surface area contributed by atoms with Gasteiger partial charge >= 0.3 is 5.97 Å². The summed E-state index contributed by atoms with van der Waals surface area (Å²) in [5.41, 5.74) is 1.10. The van der Waals surface area contributed by atoms with E-state index in [4.69, 9.17) is 4.74 Å². The smallest absolute Gasteiger partial charge is 0.355 e. The molecule has 0 amide bonds. The predicted molar refractivity (Wildman–Crippen MR) is 78.5 cm³/mol. The Labute approximate surface area is 121 Å². The third-order valence-electron chi connectivity index (χ3n) is 6.34. The first kappa shape index (κ1) is 13.7. The zero-order valence-corrected chi connectivity index (χ0v) is 13.0. The number of rotatable bonds is 3. The number of carbonyl (C=O) groups excluding carboxylic acids is 1. The van der Waals surface area contributed by atoms with Gasteiger partial charge in [-0.25, -0.2) is 4.79 Å². The van der Waals surface area contributed by atoms with Crippen molar-refractivity contribution in [1.82, 2.24) is 4.57 Å². The first-order chi connectivity index (χ1) is 9.40. The fraction of sp³-hybridized carbons (Fsp3) is 0.706. The van der Waals surface area contributed by atoms with E-state index in [1.54, 1.807) is 0 Å². The molecule has 3 unspecified atom stereocenters. The second kappa shape index (κ2) is 4.37. The summed E-state index contributed by atoms with van der Waals surface area (Å²) in [4.78, 5) is 12.4. The number of esters is 1. The lowest BCUT2D eigenvalue weighted by Crippen LogP contribution is -2.38. The van der Waals surface area contributed by atoms with Crippen molar-refractivity contribution >= 4 is 5.97 Å². The fourth-order valence-corrected chi connectivity index (χ4v) is 4.37. The number of carbonyl (C=O) groups is 1. The van der Waals surface area contributed by atoms with Crippen LogP contribution in [0.3, 0.4) is 0 Å². The molecule has 0 aliphatic heterocycles. The number of aryl methyl sites for hydroxylation is 1. The van der Waals surface area contributed by atoms with Crippen molar-refractivity contribution in [2.75, 3.05) is 0 Å². The standard InChI is InChI=1S/C17H25NO2/c1-5-18-10-6-7-13(18)15(19)20-14-11-12-8-9-17(14,4)16(12,2)3/h6-7,10,12,14H,5,8-9,11H2,1-4H3. The Morgan fingerprint density at radius 3 is 2.75 bits per heavy atom. The summed E-state index contributed by atoms with van der Waals surface area (Å²) in [6.07, 6.45) is 5.50. The number of fused-ring (bicyclic) bond motifs is 2. The Hall–Kier alpha value is -1.25. The van der Waals surface area contributed by atoms with Gasteiger partial charge in [0.25, 0.3) is 0 Å². The fourth-order valence-electron chi connectivity index (χ4n) is 4.37. The molecule has 2 fully saturated rings. The Bertz CT molecular complexity index is 531. The van der Waals surface area contributed by atoms with Gasteiger partial charge in [-0.1, -0.05) is 20.8 Å². The summed E-state index contributed by atoms with van der Waals surface area (Å²) in [6, 6.07) is 3.76. The third kappa shape index (κ3) is 1.68. The zero-order valence-electron chi connectivity index (χ0n) is 13.0. The molecule has 0 N–H and O–H groups in total. The van der Waals surface area contributed by atoms with E-state index < -0.39 is 0 Å². The van der Waals surface area contributed by atoms with Crippen molar-refractivity contribution in [2.24, 2.45) is 16.7 Å². The van der Waals surface area contributed by atoms with Gasteiger partial charge in [-0.2, -0.15) is 0 Å². The van der Waals surface area contributed by atoms with Crippen LogP contribution < -0.4 is 0 Å². The van der Waals surface area contributed by atoms with Gasteiger partial charge in [0, 0.05) is 18.2 Å². The molecule has 2 saturated carbocycles. The van der Waals surface area contributed by atoms with Crippen molar-refractivity contribution in [1.29, 1.82) is 0 Å². The van der Waals surface area contributed by atoms with Crippen LogP contribution in [0, 0.1) is 16.7 Å². The van der Waals surface area contributed by atoms with Gasteiger partial charge in [0.05, 0.1) is 0 Å². The second-order valence-corrected chi connectivity index (χ2v) is 7.18. The van der Waals surface area contributed by atoms with Crippen LogP contribution in [0.1, 0.15) is 57.4 Å². The number of ether oxygens (including phenoxy) is 1. The molecular weight excluding hydrogens is 250 g/mol. The summed E-state index contributed by atoms with van der Waals surface area (Å²) in [5, 5.41) is 0. The van der Waals surface area contributed by atoms with Crippen LogP contribution >= 0.6 is 0 Å². The van der Waals surface area contributed by atoms with Crippen LogP contribution in [0.4, 0.5) is 0 Å². The van der Waals surface area contributed by atoms with Gasteiger partial charge in [0.15, 0.2) is 0 Å². The van der Waals surface area contributed by atoms with E-state index in [0.717, 1.165) is 13.0 Å². The van der Waals surface area contributed by atoms with Crippen molar-refractivity contribution in [3.05, 3.63) is 24.0 Å². The second-order valence-electron chi connectivity index (χ2n) is 7.18. The number of hydrogen-bond donors (Lipinski definition) is 0. The monoisotopic (exact) mass is 275 g/mol. The largest absolute Gasteiger partial charge is 0.457 e. The molecule has 0 radical (unpaired) electrons. The molecule has 2 aliphatic rings. The van der Waals surface area contributed by atoms with Gasteiger partial charge < -0.3 is 9.30 Å². The van der Waals surface area contributed by atoms with E-state index in [-0.39, 0.29) is 22.9 Å². The highest BCUT2D eigenvalue weighted by molar-refractivity contribution is 5.88. The lowest BCUT2D eigenvalue weighted by Gasteiger charge is -2.38. The number of hydrogen-bond acceptors (Lipinski definition) is 2. The van der Waals surface area contributed by atoms with Crippen LogP contribution in [0.2, 0.25) is 0 Å². The summed E-state index contributed by atoms with van der Waals surface area (Å²) in [7, 11) is 0. The maximum absolute atomic E-state index is 12.4. The molecule has 1 heterocycles. The van der Waals surface area contributed by atoms with Crippen LogP contribution in [0.25, 0.3) is 0 Å². The third-order valence-corrected chi connectivity index (χ3v) is 6.34. The van der Waals surface area contributed by atoms with E-state index in [2.05, 4.69) is 20.8 Å². The SMILES string of the molecule is CCn1cccc1C(=O)OC1CC2CCC1(C)C2(C)C. The highest BCUT2D eigenvalue weighted by atomic mass is 16.5. The summed E-state index contributed by atoms with van der Waals surface area (Å²) in [6.45, 7) is 9.82. The Balaban J connectivity index is 1.79. The molecule has 3 rings (SSSR count). The molecule has 3 atom stereocenters. The highest BCUT2D eigenvalue weighted by Gasteiger charge is 2.62. The average Bonchev–Trinajstić information content (AvgIpc) is 3.01. The summed E-state index contributed by atoms with van der Waals surface area (Å²) in [5.74, 6) is 0.537. The van der Waals surface area contributed by atoms with Crippen molar-refractivity contribution < 1.29 is 9.53 Å². The molecule has 0 spiro atoms. The van der Waals surface area contributed by atoms with Gasteiger partial charge in [-0.3, -0.25) is 0 Å². The molecule has 20 heavy (non-hydrogen) atoms. The maximum atomic E-state index is 12.4. The topological polar surface area (TPSA) is 31.2 Å². The highest BCUT2D eigenvalue weighted by Crippen LogP contribution is 2.66. The van der Waals surface area contributed by atoms with E-state index in [0.29, 0.717) is 11.6 Å². The lowest BCUT2D eigenvalue weighted by molar-refractivity contribution is -0.0250. The summed E-state index contributed by atoms with van der Waals surface area (Å²) >= 11 is 0. The van der Waals surface area contributed by atoms with Gasteiger partial charge in [-0.05, 0) is 49.7 Å². The van der Waals surface area contributed by atoms with Crippen LogP contribution in [0.5, 0.6) is 0 Å². The van der Waals surface area contributed by atoms with E-state index in [1.807, 2.05) is 29.8 Å². The van der Waals surface area contributed by atoms with Crippen molar-refractivity contribution in [2.45, 2.75) is 59.6 Å². The minimum atomic E-state index is -0.161. The Morgan fingerprint density at radius 1 is 1.45 bits per heavy atom. The zero-order chi connectivity index (χ0) is 14.5. The maximum Gasteiger partial charge on any atom is 0.355 e. The van der Waals surface area contributed by atoms with Gasteiger partial charge in [0.1, 0.15) is 11.8 Å². The normalized spacial score (nSPS) is 34.4. The number of nitrogens with zero attached hydrogens (tertiary/aromatic N) is 1. The molecule has 1 aromatic heterocycles. The predicted octanol–water partition coefficient (Wildman–Crippen LogP) is 3.88. The number of aromatic nitrogens is 1.